The molecule has 0 N–H and O–H groups in total. The van der Waals surface area contributed by atoms with Crippen molar-refractivity contribution in [2.45, 2.75) is 46.0 Å². The Morgan fingerprint density at radius 1 is 1.05 bits per heavy atom. The molecular weight excluding hydrogens is 279 g/mol. The third-order valence-electron chi connectivity index (χ3n) is 3.06. The maximum Gasteiger partial charge on any atom is 0.454 e. The molecule has 116 valence electrons. The summed E-state index contributed by atoms with van der Waals surface area (Å²) in [5.74, 6) is -1.82. The molecule has 1 rings (SSSR count). The van der Waals surface area contributed by atoms with Gasteiger partial charge < -0.3 is 4.90 Å². The minimum absolute atomic E-state index is 0.00949. The van der Waals surface area contributed by atoms with Crippen molar-refractivity contribution in [3.8, 4) is 0 Å². The molecule has 1 aromatic carbocycles. The fourth-order valence-electron chi connectivity index (χ4n) is 2.08. The number of Topliss-reactive ketones (excluding diaryl/α,β-unsaturated/α-hetero) is 1. The Morgan fingerprint density at radius 2 is 1.52 bits per heavy atom. The Labute approximate surface area is 123 Å². The highest BCUT2D eigenvalue weighted by molar-refractivity contribution is 6.23. The van der Waals surface area contributed by atoms with Crippen LogP contribution in [0.2, 0.25) is 0 Å². The Balaban J connectivity index is 3.35. The van der Waals surface area contributed by atoms with Crippen molar-refractivity contribution in [1.82, 2.24) is 4.90 Å². The second-order valence-corrected chi connectivity index (χ2v) is 5.37. The third-order valence-corrected chi connectivity index (χ3v) is 3.06. The summed E-state index contributed by atoms with van der Waals surface area (Å²) in [7, 11) is 0. The first kappa shape index (κ1) is 17.3. The van der Waals surface area contributed by atoms with Crippen LogP contribution in [-0.4, -0.2) is 28.9 Å². The molecule has 0 radical (unpaired) electrons. The van der Waals surface area contributed by atoms with Crippen molar-refractivity contribution in [2.24, 2.45) is 0 Å². The van der Waals surface area contributed by atoms with Gasteiger partial charge in [-0.2, -0.15) is 13.2 Å². The first-order valence-electron chi connectivity index (χ1n) is 6.80. The monoisotopic (exact) mass is 299 g/mol. The highest BCUT2D eigenvalue weighted by Crippen LogP contribution is 2.28. The van der Waals surface area contributed by atoms with Crippen molar-refractivity contribution in [2.75, 3.05) is 0 Å². The van der Waals surface area contributed by atoms with E-state index in [4.69, 9.17) is 0 Å². The van der Waals surface area contributed by atoms with E-state index in [-0.39, 0.29) is 23.2 Å². The van der Waals surface area contributed by atoms with E-state index in [0.717, 1.165) is 0 Å². The lowest BCUT2D eigenvalue weighted by Gasteiger charge is -2.30. The highest BCUT2D eigenvalue weighted by Gasteiger charge is 2.41. The topological polar surface area (TPSA) is 20.3 Å². The van der Waals surface area contributed by atoms with Crippen molar-refractivity contribution in [3.05, 3.63) is 42.1 Å². The number of halogens is 3. The fourth-order valence-corrected chi connectivity index (χ4v) is 2.08. The predicted octanol–water partition coefficient (Wildman–Crippen LogP) is 4.28. The van der Waals surface area contributed by atoms with Crippen LogP contribution in [0.4, 0.5) is 13.2 Å². The molecule has 0 saturated heterocycles. The molecular formula is C16H20F3NO. The van der Waals surface area contributed by atoms with Gasteiger partial charge in [0.2, 0.25) is 0 Å². The average Bonchev–Trinajstić information content (AvgIpc) is 2.38. The molecule has 0 aliphatic heterocycles. The van der Waals surface area contributed by atoms with Crippen LogP contribution in [0.1, 0.15) is 33.3 Å². The second kappa shape index (κ2) is 6.78. The SMILES string of the molecule is CC(C)N(/C=C(\C(=O)C(F)(F)F)c1ccccc1)C(C)C. The molecule has 0 atom stereocenters. The summed E-state index contributed by atoms with van der Waals surface area (Å²) in [6.45, 7) is 7.49. The molecule has 0 aliphatic carbocycles. The van der Waals surface area contributed by atoms with Gasteiger partial charge in [-0.1, -0.05) is 30.3 Å². The standard InChI is InChI=1S/C16H20F3NO/c1-11(2)20(12(3)4)10-14(15(21)16(17,18)19)13-8-6-5-7-9-13/h5-12H,1-4H3/b14-10-. The van der Waals surface area contributed by atoms with Crippen molar-refractivity contribution < 1.29 is 18.0 Å². The molecule has 2 nitrogen and oxygen atoms in total. The van der Waals surface area contributed by atoms with Gasteiger partial charge in [0.1, 0.15) is 0 Å². The van der Waals surface area contributed by atoms with Gasteiger partial charge in [-0.05, 0) is 33.3 Å². The fraction of sp³-hybridized carbons (Fsp3) is 0.438. The molecule has 0 amide bonds. The van der Waals surface area contributed by atoms with Crippen LogP contribution in [-0.2, 0) is 4.79 Å². The molecule has 0 spiro atoms. The number of hydrogen-bond acceptors (Lipinski definition) is 2. The molecule has 0 aromatic heterocycles. The van der Waals surface area contributed by atoms with Crippen LogP contribution in [0.5, 0.6) is 0 Å². The Kier molecular flexibility index (Phi) is 5.58. The molecule has 21 heavy (non-hydrogen) atoms. The van der Waals surface area contributed by atoms with E-state index in [1.165, 1.54) is 18.3 Å². The van der Waals surface area contributed by atoms with E-state index in [9.17, 15) is 18.0 Å². The number of benzene rings is 1. The maximum atomic E-state index is 12.8. The van der Waals surface area contributed by atoms with Crippen LogP contribution in [0.15, 0.2) is 36.5 Å². The second-order valence-electron chi connectivity index (χ2n) is 5.37. The van der Waals surface area contributed by atoms with Crippen molar-refractivity contribution >= 4 is 11.4 Å². The summed E-state index contributed by atoms with van der Waals surface area (Å²) in [5, 5.41) is 0. The number of nitrogens with zero attached hydrogens (tertiary/aromatic N) is 1. The van der Waals surface area contributed by atoms with Gasteiger partial charge >= 0.3 is 6.18 Å². The van der Waals surface area contributed by atoms with Gasteiger partial charge in [0.15, 0.2) is 0 Å². The summed E-state index contributed by atoms with van der Waals surface area (Å²) >= 11 is 0. The lowest BCUT2D eigenvalue weighted by atomic mass is 10.0. The van der Waals surface area contributed by atoms with Crippen LogP contribution in [0.3, 0.4) is 0 Å². The smallest absolute Gasteiger partial charge is 0.372 e. The van der Waals surface area contributed by atoms with Gasteiger partial charge in [0, 0.05) is 18.3 Å². The molecule has 1 aromatic rings. The minimum atomic E-state index is -4.89. The minimum Gasteiger partial charge on any atom is -0.372 e. The third kappa shape index (κ3) is 4.62. The van der Waals surface area contributed by atoms with E-state index in [1.807, 2.05) is 27.7 Å². The van der Waals surface area contributed by atoms with Gasteiger partial charge in [0.25, 0.3) is 5.78 Å². The zero-order valence-electron chi connectivity index (χ0n) is 12.6. The summed E-state index contributed by atoms with van der Waals surface area (Å²) in [6, 6.07) is 7.92. The molecule has 0 fully saturated rings. The lowest BCUT2D eigenvalue weighted by molar-refractivity contribution is -0.164. The predicted molar refractivity (Wildman–Crippen MR) is 77.6 cm³/mol. The summed E-state index contributed by atoms with van der Waals surface area (Å²) < 4.78 is 38.5. The molecule has 0 heterocycles. The van der Waals surface area contributed by atoms with E-state index < -0.39 is 12.0 Å². The van der Waals surface area contributed by atoms with Crippen molar-refractivity contribution in [3.63, 3.8) is 0 Å². The number of rotatable bonds is 5. The lowest BCUT2D eigenvalue weighted by Crippen LogP contribution is -2.34. The quantitative estimate of drug-likeness (QED) is 0.756. The summed E-state index contributed by atoms with van der Waals surface area (Å²) in [5.41, 5.74) is -0.0587. The van der Waals surface area contributed by atoms with E-state index in [1.54, 1.807) is 23.1 Å². The normalized spacial score (nSPS) is 12.9. The Hall–Kier alpha value is -1.78. The summed E-state index contributed by atoms with van der Waals surface area (Å²) in [4.78, 5) is 13.5. The zero-order valence-corrected chi connectivity index (χ0v) is 12.6. The maximum absolute atomic E-state index is 12.8. The van der Waals surface area contributed by atoms with E-state index in [0.29, 0.717) is 0 Å². The van der Waals surface area contributed by atoms with Gasteiger partial charge in [-0.25, -0.2) is 0 Å². The zero-order chi connectivity index (χ0) is 16.2. The van der Waals surface area contributed by atoms with E-state index in [2.05, 4.69) is 0 Å². The number of carbonyl (C=O) groups excluding carboxylic acids is 1. The van der Waals surface area contributed by atoms with Crippen molar-refractivity contribution in [1.29, 1.82) is 0 Å². The summed E-state index contributed by atoms with van der Waals surface area (Å²) in [6.07, 6.45) is -3.57. The van der Waals surface area contributed by atoms with Gasteiger partial charge in [-0.3, -0.25) is 4.79 Å². The number of alkyl halides is 3. The van der Waals surface area contributed by atoms with Crippen LogP contribution >= 0.6 is 0 Å². The molecule has 0 aliphatic rings. The largest absolute Gasteiger partial charge is 0.454 e. The number of carbonyl (C=O) groups is 1. The number of hydrogen-bond donors (Lipinski definition) is 0. The number of allylic oxidation sites excluding steroid dienone is 1. The molecule has 5 heteroatoms. The first-order chi connectivity index (χ1) is 9.64. The molecule has 0 bridgehead atoms. The Bertz CT molecular complexity index is 496. The van der Waals surface area contributed by atoms with Crippen LogP contribution in [0, 0.1) is 0 Å². The average molecular weight is 299 g/mol. The highest BCUT2D eigenvalue weighted by atomic mass is 19.4. The Morgan fingerprint density at radius 3 is 1.90 bits per heavy atom. The van der Waals surface area contributed by atoms with E-state index >= 15 is 0 Å². The number of ketones is 1. The molecule has 0 saturated carbocycles. The molecule has 0 unspecified atom stereocenters. The van der Waals surface area contributed by atoms with Gasteiger partial charge in [-0.15, -0.1) is 0 Å². The first-order valence-corrected chi connectivity index (χ1v) is 6.80. The van der Waals surface area contributed by atoms with Crippen LogP contribution in [0.25, 0.3) is 5.57 Å². The van der Waals surface area contributed by atoms with Crippen LogP contribution < -0.4 is 0 Å². The van der Waals surface area contributed by atoms with Gasteiger partial charge in [0.05, 0.1) is 5.57 Å².